The second-order valence-electron chi connectivity index (χ2n) is 7.06. The highest BCUT2D eigenvalue weighted by Crippen LogP contribution is 2.38. The number of methoxy groups -OCH3 is 1. The number of benzene rings is 2. The van der Waals surface area contributed by atoms with Gasteiger partial charge in [-0.3, -0.25) is 9.69 Å². The predicted molar refractivity (Wildman–Crippen MR) is 140 cm³/mol. The molecule has 4 aromatic rings. The maximum atomic E-state index is 13.7. The molecule has 0 aliphatic carbocycles. The molecule has 0 aliphatic heterocycles. The van der Waals surface area contributed by atoms with Gasteiger partial charge in [0.1, 0.15) is 10.6 Å². The second-order valence-corrected chi connectivity index (χ2v) is 9.49. The summed E-state index contributed by atoms with van der Waals surface area (Å²) in [5.74, 6) is 0.667. The molecule has 0 bridgehead atoms. The van der Waals surface area contributed by atoms with Crippen LogP contribution in [0, 0.1) is 0 Å². The molecule has 2 aromatic heterocycles. The smallest absolute Gasteiger partial charge is 0.271 e. The van der Waals surface area contributed by atoms with Crippen molar-refractivity contribution in [1.82, 2.24) is 9.88 Å². The lowest BCUT2D eigenvalue weighted by Crippen LogP contribution is -2.38. The van der Waals surface area contributed by atoms with Gasteiger partial charge in [-0.1, -0.05) is 55.0 Å². The molecular weight excluding hydrogens is 485 g/mol. The zero-order valence-electron chi connectivity index (χ0n) is 18.1. The van der Waals surface area contributed by atoms with E-state index in [4.69, 9.17) is 21.3 Å². The van der Waals surface area contributed by atoms with E-state index in [0.717, 1.165) is 45.7 Å². The van der Waals surface area contributed by atoms with Crippen LogP contribution < -0.4 is 9.64 Å². The normalized spacial score (nSPS) is 11.2. The fraction of sp³-hybridized carbons (Fsp3) is 0.304. The third-order valence-electron chi connectivity index (χ3n) is 5.32. The molecule has 4 rings (SSSR count). The first-order chi connectivity index (χ1) is 15.0. The van der Waals surface area contributed by atoms with Gasteiger partial charge >= 0.3 is 0 Å². The van der Waals surface area contributed by atoms with Gasteiger partial charge in [0.2, 0.25) is 0 Å². The molecule has 0 radical (unpaired) electrons. The molecule has 0 spiro atoms. The molecule has 0 aliphatic rings. The van der Waals surface area contributed by atoms with Crippen molar-refractivity contribution in [3.8, 4) is 5.75 Å². The van der Waals surface area contributed by atoms with E-state index in [1.807, 2.05) is 42.5 Å². The van der Waals surface area contributed by atoms with Crippen molar-refractivity contribution in [2.45, 2.75) is 13.8 Å². The number of fused-ring (bicyclic) bond motifs is 2. The van der Waals surface area contributed by atoms with E-state index in [2.05, 4.69) is 18.7 Å². The molecule has 0 saturated carbocycles. The average Bonchev–Trinajstić information content (AvgIpc) is 3.37. The Labute approximate surface area is 207 Å². The number of anilines is 1. The van der Waals surface area contributed by atoms with Crippen molar-refractivity contribution < 1.29 is 9.53 Å². The van der Waals surface area contributed by atoms with Crippen molar-refractivity contribution in [3.05, 3.63) is 52.4 Å². The van der Waals surface area contributed by atoms with Gasteiger partial charge in [-0.15, -0.1) is 23.7 Å². The number of thiophene rings is 1. The van der Waals surface area contributed by atoms with Crippen molar-refractivity contribution in [1.29, 1.82) is 0 Å². The summed E-state index contributed by atoms with van der Waals surface area (Å²) >= 11 is 9.57. The van der Waals surface area contributed by atoms with Crippen LogP contribution in [-0.4, -0.2) is 49.1 Å². The topological polar surface area (TPSA) is 45.7 Å². The van der Waals surface area contributed by atoms with E-state index < -0.39 is 0 Å². The number of carbonyl (C=O) groups is 1. The molecule has 0 fully saturated rings. The van der Waals surface area contributed by atoms with Crippen LogP contribution in [0.25, 0.3) is 20.3 Å². The molecule has 32 heavy (non-hydrogen) atoms. The molecule has 0 unspecified atom stereocenters. The largest absolute Gasteiger partial charge is 0.497 e. The third-order valence-corrected chi connectivity index (χ3v) is 8.03. The monoisotopic (exact) mass is 509 g/mol. The predicted octanol–water partition coefficient (Wildman–Crippen LogP) is 6.58. The van der Waals surface area contributed by atoms with Crippen LogP contribution in [0.4, 0.5) is 5.13 Å². The number of hydrogen-bond donors (Lipinski definition) is 0. The third kappa shape index (κ3) is 4.87. The Kier molecular flexibility index (Phi) is 8.36. The SMILES string of the molecule is CCN(CC)CCN(C(=O)c1sc2ccccc2c1Cl)c1nc2ccc(OC)cc2s1.Cl. The summed E-state index contributed by atoms with van der Waals surface area (Å²) in [6.45, 7) is 7.42. The number of aromatic nitrogens is 1. The highest BCUT2D eigenvalue weighted by atomic mass is 35.5. The molecular formula is C23H25Cl2N3O2S2. The minimum absolute atomic E-state index is 0. The number of amides is 1. The maximum absolute atomic E-state index is 13.7. The van der Waals surface area contributed by atoms with E-state index in [9.17, 15) is 4.79 Å². The van der Waals surface area contributed by atoms with Crippen molar-refractivity contribution in [3.63, 3.8) is 0 Å². The van der Waals surface area contributed by atoms with Gasteiger partial charge in [0.25, 0.3) is 5.91 Å². The van der Waals surface area contributed by atoms with Gasteiger partial charge in [-0.05, 0) is 37.4 Å². The number of hydrogen-bond acceptors (Lipinski definition) is 6. The minimum Gasteiger partial charge on any atom is -0.497 e. The fourth-order valence-electron chi connectivity index (χ4n) is 3.47. The van der Waals surface area contributed by atoms with Crippen LogP contribution >= 0.6 is 46.7 Å². The van der Waals surface area contributed by atoms with Gasteiger partial charge in [0.15, 0.2) is 5.13 Å². The summed E-state index contributed by atoms with van der Waals surface area (Å²) in [4.78, 5) is 23.1. The molecule has 5 nitrogen and oxygen atoms in total. The van der Waals surface area contributed by atoms with Crippen LogP contribution in [-0.2, 0) is 0 Å². The molecule has 0 N–H and O–H groups in total. The number of rotatable bonds is 8. The van der Waals surface area contributed by atoms with E-state index >= 15 is 0 Å². The van der Waals surface area contributed by atoms with Crippen LogP contribution in [0.2, 0.25) is 5.02 Å². The zero-order valence-corrected chi connectivity index (χ0v) is 21.3. The molecule has 1 amide bonds. The quantitative estimate of drug-likeness (QED) is 0.269. The lowest BCUT2D eigenvalue weighted by atomic mass is 10.2. The first-order valence-corrected chi connectivity index (χ1v) is 12.2. The first kappa shape index (κ1) is 24.7. The molecule has 2 aromatic carbocycles. The number of halogens is 2. The summed E-state index contributed by atoms with van der Waals surface area (Å²) < 4.78 is 7.33. The van der Waals surface area contributed by atoms with E-state index in [-0.39, 0.29) is 18.3 Å². The Morgan fingerprint density at radius 2 is 1.81 bits per heavy atom. The van der Waals surface area contributed by atoms with Crippen LogP contribution in [0.5, 0.6) is 5.75 Å². The van der Waals surface area contributed by atoms with E-state index in [0.29, 0.717) is 21.6 Å². The lowest BCUT2D eigenvalue weighted by molar-refractivity contribution is 0.0988. The standard InChI is InChI=1S/C23H24ClN3O2S2.ClH/c1-4-26(5-2)12-13-27(23-25-17-11-10-15(29-3)14-19(17)31-23)22(28)21-20(24)16-8-6-7-9-18(16)30-21;/h6-11,14H,4-5,12-13H2,1-3H3;1H. The second kappa shape index (κ2) is 10.8. The first-order valence-electron chi connectivity index (χ1n) is 10.2. The van der Waals surface area contributed by atoms with Gasteiger partial charge in [0, 0.05) is 23.2 Å². The molecule has 170 valence electrons. The fourth-order valence-corrected chi connectivity index (χ4v) is 5.95. The van der Waals surface area contributed by atoms with Gasteiger partial charge in [-0.2, -0.15) is 0 Å². The van der Waals surface area contributed by atoms with Gasteiger partial charge in [-0.25, -0.2) is 4.98 Å². The number of likely N-dealkylation sites (N-methyl/N-ethyl adjacent to an activating group) is 1. The van der Waals surface area contributed by atoms with E-state index in [1.165, 1.54) is 22.7 Å². The summed E-state index contributed by atoms with van der Waals surface area (Å²) in [6.07, 6.45) is 0. The Hall–Kier alpha value is -1.90. The van der Waals surface area contributed by atoms with Gasteiger partial charge in [0.05, 0.1) is 22.3 Å². The average molecular weight is 511 g/mol. The van der Waals surface area contributed by atoms with Crippen LogP contribution in [0.1, 0.15) is 23.5 Å². The van der Waals surface area contributed by atoms with Crippen LogP contribution in [0.15, 0.2) is 42.5 Å². The Bertz CT molecular complexity index is 1220. The number of nitrogens with zero attached hydrogens (tertiary/aromatic N) is 3. The highest BCUT2D eigenvalue weighted by molar-refractivity contribution is 7.23. The number of thiazole rings is 1. The van der Waals surface area contributed by atoms with Crippen molar-refractivity contribution >= 4 is 78.0 Å². The summed E-state index contributed by atoms with van der Waals surface area (Å²) in [5, 5.41) is 2.10. The van der Waals surface area contributed by atoms with Crippen molar-refractivity contribution in [2.24, 2.45) is 0 Å². The summed E-state index contributed by atoms with van der Waals surface area (Å²) in [5.41, 5.74) is 0.851. The molecule has 0 atom stereocenters. The maximum Gasteiger partial charge on any atom is 0.271 e. The minimum atomic E-state index is -0.107. The lowest BCUT2D eigenvalue weighted by Gasteiger charge is -2.24. The summed E-state index contributed by atoms with van der Waals surface area (Å²) in [6, 6.07) is 13.6. The summed E-state index contributed by atoms with van der Waals surface area (Å²) in [7, 11) is 1.65. The number of carbonyl (C=O) groups excluding carboxylic acids is 1. The highest BCUT2D eigenvalue weighted by Gasteiger charge is 2.26. The molecule has 2 heterocycles. The Morgan fingerprint density at radius 1 is 1.06 bits per heavy atom. The molecule has 9 heteroatoms. The number of ether oxygens (including phenoxy) is 1. The van der Waals surface area contributed by atoms with Gasteiger partial charge < -0.3 is 9.64 Å². The van der Waals surface area contributed by atoms with Crippen LogP contribution in [0.3, 0.4) is 0 Å². The molecule has 0 saturated heterocycles. The Balaban J connectivity index is 0.00000289. The van der Waals surface area contributed by atoms with E-state index in [1.54, 1.807) is 12.0 Å². The van der Waals surface area contributed by atoms with Crippen molar-refractivity contribution in [2.75, 3.05) is 38.2 Å². The zero-order chi connectivity index (χ0) is 22.0. The Morgan fingerprint density at radius 3 is 2.50 bits per heavy atom.